The minimum Gasteiger partial charge on any atom is -0.481 e. The van der Waals surface area contributed by atoms with Crippen LogP contribution >= 0.6 is 0 Å². The lowest BCUT2D eigenvalue weighted by molar-refractivity contribution is -0.144. The van der Waals surface area contributed by atoms with Gasteiger partial charge >= 0.3 is 5.97 Å². The van der Waals surface area contributed by atoms with Crippen molar-refractivity contribution in [2.45, 2.75) is 50.9 Å². The molecule has 2 aliphatic rings. The third-order valence-corrected chi connectivity index (χ3v) is 6.21. The molecule has 0 radical (unpaired) electrons. The first-order chi connectivity index (χ1) is 12.5. The normalized spacial score (nSPS) is 25.4. The average Bonchev–Trinajstić information content (AvgIpc) is 2.67. The maximum Gasteiger partial charge on any atom is 0.306 e. The zero-order valence-corrected chi connectivity index (χ0v) is 15.5. The highest BCUT2D eigenvalue weighted by atomic mass is 16.5. The summed E-state index contributed by atoms with van der Waals surface area (Å²) >= 11 is 0. The molecule has 1 heterocycles. The third kappa shape index (κ3) is 4.09. The Hall–Kier alpha value is -1.88. The number of hydrogen-bond donors (Lipinski definition) is 2. The van der Waals surface area contributed by atoms with Crippen molar-refractivity contribution in [2.24, 2.45) is 11.8 Å². The molecule has 1 amide bonds. The van der Waals surface area contributed by atoms with Gasteiger partial charge in [-0.15, -0.1) is 0 Å². The number of rotatable bonds is 5. The highest BCUT2D eigenvalue weighted by molar-refractivity contribution is 5.79. The van der Waals surface area contributed by atoms with Crippen LogP contribution in [0.1, 0.15) is 49.7 Å². The summed E-state index contributed by atoms with van der Waals surface area (Å²) in [6.07, 6.45) is 4.36. The molecule has 1 saturated carbocycles. The van der Waals surface area contributed by atoms with Crippen LogP contribution in [0.2, 0.25) is 0 Å². The van der Waals surface area contributed by atoms with Crippen molar-refractivity contribution in [3.05, 3.63) is 35.4 Å². The molecule has 3 rings (SSSR count). The molecule has 0 atom stereocenters. The molecule has 0 aromatic heterocycles. The lowest BCUT2D eigenvalue weighted by atomic mass is 9.72. The van der Waals surface area contributed by atoms with Gasteiger partial charge < -0.3 is 15.2 Å². The molecule has 2 N–H and O–H groups in total. The van der Waals surface area contributed by atoms with E-state index in [4.69, 9.17) is 9.84 Å². The SMILES string of the molecule is Cc1ccccc1C1(CNC(=O)C2CCC(C(=O)O)CC2)CCOCC1. The number of benzene rings is 1. The number of carboxylic acid groups (broad SMARTS) is 1. The van der Waals surface area contributed by atoms with Crippen LogP contribution < -0.4 is 5.32 Å². The molecule has 1 aliphatic carbocycles. The van der Waals surface area contributed by atoms with E-state index in [-0.39, 0.29) is 23.2 Å². The predicted molar refractivity (Wildman–Crippen MR) is 99.0 cm³/mol. The van der Waals surface area contributed by atoms with Gasteiger partial charge in [-0.25, -0.2) is 0 Å². The number of carbonyl (C=O) groups is 2. The second-order valence-electron chi connectivity index (χ2n) is 7.81. The first-order valence-electron chi connectivity index (χ1n) is 9.66. The summed E-state index contributed by atoms with van der Waals surface area (Å²) in [5.74, 6) is -0.995. The lowest BCUT2D eigenvalue weighted by Gasteiger charge is -2.39. The predicted octanol–water partition coefficient (Wildman–Crippen LogP) is 3.05. The van der Waals surface area contributed by atoms with Crippen LogP contribution in [-0.2, 0) is 19.7 Å². The Morgan fingerprint density at radius 3 is 2.35 bits per heavy atom. The molecular formula is C21H29NO4. The van der Waals surface area contributed by atoms with Crippen LogP contribution in [-0.4, -0.2) is 36.7 Å². The van der Waals surface area contributed by atoms with Gasteiger partial charge in [0.2, 0.25) is 5.91 Å². The summed E-state index contributed by atoms with van der Waals surface area (Å²) in [7, 11) is 0. The fourth-order valence-electron chi connectivity index (χ4n) is 4.47. The van der Waals surface area contributed by atoms with Crippen LogP contribution in [0.4, 0.5) is 0 Å². The summed E-state index contributed by atoms with van der Waals surface area (Å²) in [5.41, 5.74) is 2.49. The number of aryl methyl sites for hydroxylation is 1. The molecule has 2 fully saturated rings. The highest BCUT2D eigenvalue weighted by Crippen LogP contribution is 2.36. The molecule has 0 bridgehead atoms. The van der Waals surface area contributed by atoms with Crippen LogP contribution in [0.5, 0.6) is 0 Å². The maximum atomic E-state index is 12.7. The van der Waals surface area contributed by atoms with E-state index in [0.717, 1.165) is 12.8 Å². The number of carbonyl (C=O) groups excluding carboxylic acids is 1. The minimum absolute atomic E-state index is 0.0561. The fourth-order valence-corrected chi connectivity index (χ4v) is 4.47. The highest BCUT2D eigenvalue weighted by Gasteiger charge is 2.37. The molecule has 142 valence electrons. The maximum absolute atomic E-state index is 12.7. The van der Waals surface area contributed by atoms with E-state index in [1.807, 2.05) is 6.07 Å². The van der Waals surface area contributed by atoms with Crippen molar-refractivity contribution < 1.29 is 19.4 Å². The molecule has 0 unspecified atom stereocenters. The number of amides is 1. The minimum atomic E-state index is -0.732. The van der Waals surface area contributed by atoms with Crippen LogP contribution in [0, 0.1) is 18.8 Å². The molecule has 1 aliphatic heterocycles. The summed E-state index contributed by atoms with van der Waals surface area (Å²) in [6.45, 7) is 4.18. The average molecular weight is 359 g/mol. The third-order valence-electron chi connectivity index (χ3n) is 6.21. The van der Waals surface area contributed by atoms with Gasteiger partial charge in [-0.3, -0.25) is 9.59 Å². The van der Waals surface area contributed by atoms with E-state index in [9.17, 15) is 9.59 Å². The molecule has 5 nitrogen and oxygen atoms in total. The Morgan fingerprint density at radius 1 is 1.12 bits per heavy atom. The Labute approximate surface area is 155 Å². The van der Waals surface area contributed by atoms with Gasteiger partial charge in [0.1, 0.15) is 0 Å². The fraction of sp³-hybridized carbons (Fsp3) is 0.619. The molecular weight excluding hydrogens is 330 g/mol. The van der Waals surface area contributed by atoms with E-state index in [1.54, 1.807) is 0 Å². The zero-order valence-electron chi connectivity index (χ0n) is 15.5. The summed E-state index contributed by atoms with van der Waals surface area (Å²) in [5, 5.41) is 12.3. The smallest absolute Gasteiger partial charge is 0.306 e. The first-order valence-corrected chi connectivity index (χ1v) is 9.66. The lowest BCUT2D eigenvalue weighted by Crippen LogP contribution is -2.46. The van der Waals surface area contributed by atoms with Crippen molar-refractivity contribution >= 4 is 11.9 Å². The monoisotopic (exact) mass is 359 g/mol. The molecule has 1 saturated heterocycles. The number of ether oxygens (including phenoxy) is 1. The largest absolute Gasteiger partial charge is 0.481 e. The van der Waals surface area contributed by atoms with Gasteiger partial charge in [-0.2, -0.15) is 0 Å². The van der Waals surface area contributed by atoms with Gasteiger partial charge in [0.25, 0.3) is 0 Å². The Bertz CT molecular complexity index is 643. The van der Waals surface area contributed by atoms with Crippen LogP contribution in [0.3, 0.4) is 0 Å². The molecule has 26 heavy (non-hydrogen) atoms. The molecule has 1 aromatic carbocycles. The zero-order chi connectivity index (χ0) is 18.6. The van der Waals surface area contributed by atoms with Crippen molar-refractivity contribution in [1.29, 1.82) is 0 Å². The second-order valence-corrected chi connectivity index (χ2v) is 7.81. The van der Waals surface area contributed by atoms with Gasteiger partial charge in [0.15, 0.2) is 0 Å². The van der Waals surface area contributed by atoms with Gasteiger partial charge in [-0.1, -0.05) is 24.3 Å². The summed E-state index contributed by atoms with van der Waals surface area (Å²) in [4.78, 5) is 23.8. The molecule has 1 aromatic rings. The van der Waals surface area contributed by atoms with E-state index >= 15 is 0 Å². The number of aliphatic carboxylic acids is 1. The van der Waals surface area contributed by atoms with Gasteiger partial charge in [-0.05, 0) is 56.6 Å². The van der Waals surface area contributed by atoms with Crippen molar-refractivity contribution in [2.75, 3.05) is 19.8 Å². The summed E-state index contributed by atoms with van der Waals surface area (Å²) < 4.78 is 5.58. The Kier molecular flexibility index (Phi) is 5.97. The molecule has 5 heteroatoms. The number of nitrogens with one attached hydrogen (secondary N) is 1. The van der Waals surface area contributed by atoms with E-state index in [1.165, 1.54) is 11.1 Å². The first kappa shape index (κ1) is 18.9. The van der Waals surface area contributed by atoms with Gasteiger partial charge in [0, 0.05) is 31.1 Å². The topological polar surface area (TPSA) is 75.6 Å². The Morgan fingerprint density at radius 2 is 1.73 bits per heavy atom. The number of carboxylic acids is 1. The van der Waals surface area contributed by atoms with E-state index in [2.05, 4.69) is 30.4 Å². The molecule has 0 spiro atoms. The van der Waals surface area contributed by atoms with Crippen molar-refractivity contribution in [3.63, 3.8) is 0 Å². The summed E-state index contributed by atoms with van der Waals surface area (Å²) in [6, 6.07) is 8.41. The standard InChI is InChI=1S/C21H29NO4/c1-15-4-2-3-5-18(15)21(10-12-26-13-11-21)14-22-19(23)16-6-8-17(9-7-16)20(24)25/h2-5,16-17H,6-14H2,1H3,(H,22,23)(H,24,25). The Balaban J connectivity index is 1.64. The number of hydrogen-bond acceptors (Lipinski definition) is 3. The van der Waals surface area contributed by atoms with E-state index in [0.29, 0.717) is 45.4 Å². The second kappa shape index (κ2) is 8.21. The van der Waals surface area contributed by atoms with Crippen molar-refractivity contribution in [3.8, 4) is 0 Å². The van der Waals surface area contributed by atoms with Crippen LogP contribution in [0.25, 0.3) is 0 Å². The van der Waals surface area contributed by atoms with Crippen molar-refractivity contribution in [1.82, 2.24) is 5.32 Å². The van der Waals surface area contributed by atoms with Crippen LogP contribution in [0.15, 0.2) is 24.3 Å². The van der Waals surface area contributed by atoms with E-state index < -0.39 is 5.97 Å². The van der Waals surface area contributed by atoms with Gasteiger partial charge in [0.05, 0.1) is 5.92 Å². The quantitative estimate of drug-likeness (QED) is 0.847.